The molecule has 1 fully saturated rings. The maximum Gasteiger partial charge on any atom is 0.261 e. The highest BCUT2D eigenvalue weighted by Crippen LogP contribution is 2.30. The molecule has 0 radical (unpaired) electrons. The van der Waals surface area contributed by atoms with E-state index in [-0.39, 0.29) is 30.7 Å². The normalized spacial score (nSPS) is 17.7. The van der Waals surface area contributed by atoms with Crippen LogP contribution < -0.4 is 10.2 Å². The molecule has 5 rings (SSSR count). The second kappa shape index (κ2) is 8.70. The predicted octanol–water partition coefficient (Wildman–Crippen LogP) is 4.70. The molecule has 2 heterocycles. The molecular weight excluding hydrogens is 414 g/mol. The maximum absolute atomic E-state index is 12.9. The molecule has 1 atom stereocenters. The second-order valence-electron chi connectivity index (χ2n) is 9.01. The second-order valence-corrected chi connectivity index (χ2v) is 9.01. The number of amides is 3. The molecule has 2 aliphatic heterocycles. The van der Waals surface area contributed by atoms with Gasteiger partial charge in [-0.15, -0.1) is 0 Å². The summed E-state index contributed by atoms with van der Waals surface area (Å²) in [6.07, 6.45) is 1.85. The largest absolute Gasteiger partial charge is 0.371 e. The van der Waals surface area contributed by atoms with E-state index in [2.05, 4.69) is 17.1 Å². The number of nitrogens with one attached hydrogen (secondary N) is 1. The quantitative estimate of drug-likeness (QED) is 0.563. The number of nitrogens with zero attached hydrogens (tertiary/aromatic N) is 2. The summed E-state index contributed by atoms with van der Waals surface area (Å²) >= 11 is 0. The van der Waals surface area contributed by atoms with Crippen molar-refractivity contribution < 1.29 is 14.4 Å². The van der Waals surface area contributed by atoms with Gasteiger partial charge in [0.05, 0.1) is 0 Å². The average molecular weight is 442 g/mol. The highest BCUT2D eigenvalue weighted by molar-refractivity contribution is 6.25. The lowest BCUT2D eigenvalue weighted by Crippen LogP contribution is -2.41. The van der Waals surface area contributed by atoms with Gasteiger partial charge < -0.3 is 10.2 Å². The molecule has 1 unspecified atom stereocenters. The van der Waals surface area contributed by atoms with E-state index < -0.39 is 0 Å². The Labute approximate surface area is 193 Å². The standard InChI is InChI=1S/C27H27N3O3/c1-18-14-16-29(17-18)21-12-10-20(11-13-21)28-24(31)9-4-15-30-26(32)22-7-2-5-19-6-3-8-23(25(19)22)27(30)33/h2-3,5-8,10-13,18H,4,9,14-17H2,1H3,(H,28,31). The van der Waals surface area contributed by atoms with Gasteiger partial charge in [0.25, 0.3) is 11.8 Å². The smallest absolute Gasteiger partial charge is 0.261 e. The first kappa shape index (κ1) is 21.2. The lowest BCUT2D eigenvalue weighted by atomic mass is 9.94. The zero-order valence-corrected chi connectivity index (χ0v) is 18.7. The lowest BCUT2D eigenvalue weighted by Gasteiger charge is -2.27. The third-order valence-corrected chi connectivity index (χ3v) is 6.58. The van der Waals surface area contributed by atoms with Crippen LogP contribution in [0.2, 0.25) is 0 Å². The number of carbonyl (C=O) groups excluding carboxylic acids is 3. The van der Waals surface area contributed by atoms with Crippen LogP contribution in [0.15, 0.2) is 60.7 Å². The third kappa shape index (κ3) is 4.09. The van der Waals surface area contributed by atoms with Gasteiger partial charge in [0.1, 0.15) is 0 Å². The van der Waals surface area contributed by atoms with Crippen molar-refractivity contribution in [2.75, 3.05) is 29.9 Å². The summed E-state index contributed by atoms with van der Waals surface area (Å²) in [7, 11) is 0. The minimum absolute atomic E-state index is 0.128. The zero-order valence-electron chi connectivity index (χ0n) is 18.7. The minimum atomic E-state index is -0.295. The lowest BCUT2D eigenvalue weighted by molar-refractivity contribution is -0.116. The third-order valence-electron chi connectivity index (χ3n) is 6.58. The Morgan fingerprint density at radius 1 is 0.970 bits per heavy atom. The number of anilines is 2. The average Bonchev–Trinajstić information content (AvgIpc) is 3.26. The molecule has 33 heavy (non-hydrogen) atoms. The number of benzene rings is 3. The van der Waals surface area contributed by atoms with E-state index in [4.69, 9.17) is 0 Å². The molecule has 0 saturated carbocycles. The zero-order chi connectivity index (χ0) is 22.9. The van der Waals surface area contributed by atoms with Crippen LogP contribution in [-0.4, -0.2) is 42.3 Å². The molecule has 1 N–H and O–H groups in total. The molecule has 168 valence electrons. The van der Waals surface area contributed by atoms with Gasteiger partial charge in [0.2, 0.25) is 5.91 Å². The summed E-state index contributed by atoms with van der Waals surface area (Å²) in [6, 6.07) is 18.9. The van der Waals surface area contributed by atoms with Crippen molar-refractivity contribution in [1.29, 1.82) is 0 Å². The van der Waals surface area contributed by atoms with Crippen molar-refractivity contribution in [1.82, 2.24) is 4.90 Å². The van der Waals surface area contributed by atoms with Crippen molar-refractivity contribution in [3.05, 3.63) is 71.8 Å². The van der Waals surface area contributed by atoms with Gasteiger partial charge in [-0.3, -0.25) is 19.3 Å². The highest BCUT2D eigenvalue weighted by Gasteiger charge is 2.32. The fraction of sp³-hybridized carbons (Fsp3) is 0.296. The molecule has 0 bridgehead atoms. The molecule has 3 aromatic carbocycles. The van der Waals surface area contributed by atoms with Gasteiger partial charge in [-0.25, -0.2) is 0 Å². The highest BCUT2D eigenvalue weighted by atomic mass is 16.2. The minimum Gasteiger partial charge on any atom is -0.371 e. The molecular formula is C27H27N3O3. The summed E-state index contributed by atoms with van der Waals surface area (Å²) in [5.74, 6) is -0.00513. The molecule has 6 nitrogen and oxygen atoms in total. The maximum atomic E-state index is 12.9. The summed E-state index contributed by atoms with van der Waals surface area (Å²) in [4.78, 5) is 42.0. The summed E-state index contributed by atoms with van der Waals surface area (Å²) < 4.78 is 0. The molecule has 3 aromatic rings. The summed E-state index contributed by atoms with van der Waals surface area (Å²) in [6.45, 7) is 4.61. The van der Waals surface area contributed by atoms with Crippen LogP contribution in [0.5, 0.6) is 0 Å². The van der Waals surface area contributed by atoms with E-state index in [0.717, 1.165) is 29.5 Å². The van der Waals surface area contributed by atoms with E-state index in [1.54, 1.807) is 12.1 Å². The van der Waals surface area contributed by atoms with E-state index in [1.807, 2.05) is 48.5 Å². The van der Waals surface area contributed by atoms with E-state index >= 15 is 0 Å². The predicted molar refractivity (Wildman–Crippen MR) is 130 cm³/mol. The summed E-state index contributed by atoms with van der Waals surface area (Å²) in [5, 5.41) is 4.52. The Bertz CT molecular complexity index is 1180. The van der Waals surface area contributed by atoms with E-state index in [0.29, 0.717) is 23.5 Å². The van der Waals surface area contributed by atoms with Crippen molar-refractivity contribution in [2.24, 2.45) is 5.92 Å². The number of hydrogen-bond donors (Lipinski definition) is 1. The molecule has 6 heteroatoms. The van der Waals surface area contributed by atoms with Crippen LogP contribution in [0.3, 0.4) is 0 Å². The van der Waals surface area contributed by atoms with Crippen LogP contribution in [0, 0.1) is 5.92 Å². The van der Waals surface area contributed by atoms with Crippen molar-refractivity contribution in [2.45, 2.75) is 26.2 Å². The fourth-order valence-electron chi connectivity index (χ4n) is 4.83. The van der Waals surface area contributed by atoms with Gasteiger partial charge in [-0.2, -0.15) is 0 Å². The van der Waals surface area contributed by atoms with Crippen LogP contribution in [0.1, 0.15) is 46.9 Å². The Balaban J connectivity index is 1.17. The number of carbonyl (C=O) groups is 3. The van der Waals surface area contributed by atoms with Crippen LogP contribution >= 0.6 is 0 Å². The van der Waals surface area contributed by atoms with E-state index in [9.17, 15) is 14.4 Å². The summed E-state index contributed by atoms with van der Waals surface area (Å²) in [5.41, 5.74) is 3.01. The number of imide groups is 1. The first-order valence-electron chi connectivity index (χ1n) is 11.5. The van der Waals surface area contributed by atoms with Gasteiger partial charge in [-0.1, -0.05) is 31.2 Å². The van der Waals surface area contributed by atoms with Gasteiger partial charge in [0.15, 0.2) is 0 Å². The molecule has 2 aliphatic rings. The van der Waals surface area contributed by atoms with Gasteiger partial charge in [0, 0.05) is 53.9 Å². The molecule has 1 saturated heterocycles. The Hall–Kier alpha value is -3.67. The van der Waals surface area contributed by atoms with Crippen molar-refractivity contribution >= 4 is 39.9 Å². The van der Waals surface area contributed by atoms with Crippen LogP contribution in [0.25, 0.3) is 10.8 Å². The van der Waals surface area contributed by atoms with Crippen molar-refractivity contribution in [3.8, 4) is 0 Å². The number of rotatable bonds is 6. The first-order valence-corrected chi connectivity index (χ1v) is 11.5. The van der Waals surface area contributed by atoms with Gasteiger partial charge >= 0.3 is 0 Å². The topological polar surface area (TPSA) is 69.7 Å². The number of hydrogen-bond acceptors (Lipinski definition) is 4. The van der Waals surface area contributed by atoms with E-state index in [1.165, 1.54) is 17.0 Å². The molecule has 0 aromatic heterocycles. The SMILES string of the molecule is CC1CCN(c2ccc(NC(=O)CCCN3C(=O)c4cccc5cccc(c45)C3=O)cc2)C1. The fourth-order valence-corrected chi connectivity index (χ4v) is 4.83. The van der Waals surface area contributed by atoms with Crippen molar-refractivity contribution in [3.63, 3.8) is 0 Å². The van der Waals surface area contributed by atoms with Crippen LogP contribution in [0.4, 0.5) is 11.4 Å². The Morgan fingerprint density at radius 3 is 2.24 bits per heavy atom. The molecule has 0 aliphatic carbocycles. The van der Waals surface area contributed by atoms with Crippen LogP contribution in [-0.2, 0) is 4.79 Å². The Morgan fingerprint density at radius 2 is 1.64 bits per heavy atom. The first-order chi connectivity index (χ1) is 16.0. The Kier molecular flexibility index (Phi) is 5.58. The van der Waals surface area contributed by atoms with Gasteiger partial charge in [-0.05, 0) is 60.5 Å². The molecule has 0 spiro atoms. The monoisotopic (exact) mass is 441 g/mol. The molecule has 3 amide bonds.